The van der Waals surface area contributed by atoms with Crippen molar-refractivity contribution in [2.24, 2.45) is 0 Å². The molecule has 0 saturated carbocycles. The summed E-state index contributed by atoms with van der Waals surface area (Å²) < 4.78 is 2.05. The van der Waals surface area contributed by atoms with Gasteiger partial charge in [-0.25, -0.2) is 0 Å². The quantitative estimate of drug-likeness (QED) is 0.480. The summed E-state index contributed by atoms with van der Waals surface area (Å²) in [4.78, 5) is 0. The van der Waals surface area contributed by atoms with Crippen molar-refractivity contribution >= 4 is 0 Å². The molecule has 0 unspecified atom stereocenters. The standard InChI is InChI=1S/C10H8N.Ti/c1-2-6-10(7-3-1)11-8-4-5-9-11;/h1-2,4-9H;/q-1;. The van der Waals surface area contributed by atoms with Gasteiger partial charge in [0.2, 0.25) is 0 Å². The fourth-order valence-corrected chi connectivity index (χ4v) is 1.05. The summed E-state index contributed by atoms with van der Waals surface area (Å²) in [7, 11) is 0. The van der Waals surface area contributed by atoms with Gasteiger partial charge in [0.25, 0.3) is 0 Å². The molecule has 1 aromatic heterocycles. The number of aromatic nitrogens is 1. The molecule has 0 aliphatic rings. The predicted octanol–water partition coefficient (Wildman–Crippen LogP) is 2.27. The Kier molecular flexibility index (Phi) is 3.33. The van der Waals surface area contributed by atoms with Crippen LogP contribution in [-0.2, 0) is 21.7 Å². The third kappa shape index (κ3) is 1.87. The van der Waals surface area contributed by atoms with Crippen molar-refractivity contribution in [1.29, 1.82) is 0 Å². The van der Waals surface area contributed by atoms with Crippen molar-refractivity contribution in [1.82, 2.24) is 4.57 Å². The van der Waals surface area contributed by atoms with E-state index in [4.69, 9.17) is 0 Å². The minimum absolute atomic E-state index is 0. The molecule has 0 atom stereocenters. The summed E-state index contributed by atoms with van der Waals surface area (Å²) in [6, 6.07) is 14.9. The van der Waals surface area contributed by atoms with E-state index in [-0.39, 0.29) is 21.7 Å². The van der Waals surface area contributed by atoms with E-state index in [9.17, 15) is 0 Å². The van der Waals surface area contributed by atoms with Gasteiger partial charge in [-0.2, -0.15) is 24.3 Å². The van der Waals surface area contributed by atoms with E-state index in [2.05, 4.69) is 16.7 Å². The molecule has 12 heavy (non-hydrogen) atoms. The molecule has 0 bridgehead atoms. The van der Waals surface area contributed by atoms with Crippen molar-refractivity contribution in [3.8, 4) is 5.69 Å². The first-order chi connectivity index (χ1) is 5.47. The first kappa shape index (κ1) is 9.30. The maximum absolute atomic E-state index is 3.03. The van der Waals surface area contributed by atoms with E-state index in [0.29, 0.717) is 0 Å². The molecule has 2 aromatic rings. The van der Waals surface area contributed by atoms with Crippen LogP contribution in [0.5, 0.6) is 0 Å². The molecular weight excluding hydrogens is 182 g/mol. The van der Waals surface area contributed by atoms with Crippen LogP contribution in [0.15, 0.2) is 48.8 Å². The first-order valence-electron chi connectivity index (χ1n) is 3.56. The first-order valence-corrected chi connectivity index (χ1v) is 3.56. The monoisotopic (exact) mass is 190 g/mol. The number of nitrogens with zero attached hydrogens (tertiary/aromatic N) is 1. The zero-order valence-corrected chi connectivity index (χ0v) is 8.13. The van der Waals surface area contributed by atoms with Gasteiger partial charge < -0.3 is 4.57 Å². The molecule has 1 aromatic carbocycles. The summed E-state index contributed by atoms with van der Waals surface area (Å²) in [5.41, 5.74) is 1.15. The molecule has 58 valence electrons. The van der Waals surface area contributed by atoms with Crippen LogP contribution < -0.4 is 0 Å². The molecule has 0 aliphatic heterocycles. The van der Waals surface area contributed by atoms with Gasteiger partial charge in [0, 0.05) is 21.7 Å². The van der Waals surface area contributed by atoms with Gasteiger partial charge in [-0.1, -0.05) is 5.69 Å². The molecule has 1 nitrogen and oxygen atoms in total. The Hall–Kier alpha value is -0.786. The van der Waals surface area contributed by atoms with Crippen molar-refractivity contribution in [3.05, 3.63) is 54.9 Å². The summed E-state index contributed by atoms with van der Waals surface area (Å²) in [5, 5.41) is 0. The number of hydrogen-bond acceptors (Lipinski definition) is 0. The molecule has 0 fully saturated rings. The van der Waals surface area contributed by atoms with E-state index in [1.54, 1.807) is 0 Å². The van der Waals surface area contributed by atoms with Gasteiger partial charge in [0.15, 0.2) is 0 Å². The van der Waals surface area contributed by atoms with Crippen LogP contribution in [0.4, 0.5) is 0 Å². The predicted molar refractivity (Wildman–Crippen MR) is 44.6 cm³/mol. The average Bonchev–Trinajstić information content (AvgIpc) is 2.58. The summed E-state index contributed by atoms with van der Waals surface area (Å²) in [5.74, 6) is 0. The molecule has 0 spiro atoms. The van der Waals surface area contributed by atoms with Crippen LogP contribution in [0.25, 0.3) is 5.69 Å². The van der Waals surface area contributed by atoms with Gasteiger partial charge in [-0.15, -0.1) is 6.07 Å². The molecule has 1 heterocycles. The smallest absolute Gasteiger partial charge is 0 e. The summed E-state index contributed by atoms with van der Waals surface area (Å²) in [6.07, 6.45) is 4.03. The minimum Gasteiger partial charge on any atom is -0.377 e. The Balaban J connectivity index is 0.000000720. The van der Waals surface area contributed by atoms with Crippen LogP contribution in [0.1, 0.15) is 0 Å². The van der Waals surface area contributed by atoms with Crippen LogP contribution in [0.3, 0.4) is 0 Å². The largest absolute Gasteiger partial charge is 0.377 e. The van der Waals surface area contributed by atoms with Crippen LogP contribution in [-0.4, -0.2) is 4.57 Å². The zero-order chi connectivity index (χ0) is 7.52. The second-order valence-electron chi connectivity index (χ2n) is 2.35. The SMILES string of the molecule is [Ti].[c-]1cccc(-n2cccc2)c1. The van der Waals surface area contributed by atoms with Gasteiger partial charge in [0.1, 0.15) is 0 Å². The van der Waals surface area contributed by atoms with Crippen molar-refractivity contribution < 1.29 is 21.7 Å². The zero-order valence-electron chi connectivity index (χ0n) is 6.57. The van der Waals surface area contributed by atoms with Crippen molar-refractivity contribution in [2.45, 2.75) is 0 Å². The third-order valence-electron chi connectivity index (χ3n) is 1.59. The van der Waals surface area contributed by atoms with Gasteiger partial charge in [0.05, 0.1) is 0 Å². The van der Waals surface area contributed by atoms with E-state index in [1.165, 1.54) is 0 Å². The van der Waals surface area contributed by atoms with Gasteiger partial charge in [-0.3, -0.25) is 0 Å². The number of hydrogen-bond donors (Lipinski definition) is 0. The third-order valence-corrected chi connectivity index (χ3v) is 1.59. The minimum atomic E-state index is 0. The van der Waals surface area contributed by atoms with Crippen LogP contribution in [0, 0.1) is 6.07 Å². The molecule has 0 saturated heterocycles. The van der Waals surface area contributed by atoms with Gasteiger partial charge >= 0.3 is 0 Å². The van der Waals surface area contributed by atoms with E-state index in [1.807, 2.05) is 42.7 Å². The molecule has 0 N–H and O–H groups in total. The normalized spacial score (nSPS) is 9.00. The van der Waals surface area contributed by atoms with E-state index < -0.39 is 0 Å². The summed E-state index contributed by atoms with van der Waals surface area (Å²) in [6.45, 7) is 0. The van der Waals surface area contributed by atoms with Crippen LogP contribution in [0.2, 0.25) is 0 Å². The molecule has 2 rings (SSSR count). The Labute approximate surface area is 86.9 Å². The maximum Gasteiger partial charge on any atom is 0 e. The Morgan fingerprint density at radius 1 is 1.08 bits per heavy atom. The molecule has 0 aliphatic carbocycles. The van der Waals surface area contributed by atoms with E-state index >= 15 is 0 Å². The number of rotatable bonds is 1. The molecular formula is C10H8NTi-. The summed E-state index contributed by atoms with van der Waals surface area (Å²) >= 11 is 0. The fourth-order valence-electron chi connectivity index (χ4n) is 1.05. The Morgan fingerprint density at radius 3 is 2.42 bits per heavy atom. The molecule has 2 heteroatoms. The Morgan fingerprint density at radius 2 is 1.83 bits per heavy atom. The second-order valence-corrected chi connectivity index (χ2v) is 2.35. The maximum atomic E-state index is 3.03. The van der Waals surface area contributed by atoms with Crippen molar-refractivity contribution in [2.75, 3.05) is 0 Å². The second kappa shape index (κ2) is 4.29. The fraction of sp³-hybridized carbons (Fsp3) is 0. The molecule has 0 radical (unpaired) electrons. The molecule has 0 amide bonds. The number of benzene rings is 1. The Bertz CT molecular complexity index is 313. The van der Waals surface area contributed by atoms with Crippen molar-refractivity contribution in [3.63, 3.8) is 0 Å². The van der Waals surface area contributed by atoms with Gasteiger partial charge in [-0.05, 0) is 24.5 Å². The van der Waals surface area contributed by atoms with E-state index in [0.717, 1.165) is 5.69 Å². The average molecular weight is 190 g/mol. The van der Waals surface area contributed by atoms with Crippen LogP contribution >= 0.6 is 0 Å². The topological polar surface area (TPSA) is 4.93 Å².